The maximum atomic E-state index is 13.8. The van der Waals surface area contributed by atoms with Crippen LogP contribution in [0.25, 0.3) is 11.8 Å². The lowest BCUT2D eigenvalue weighted by molar-refractivity contribution is -0.384. The number of benzene rings is 1. The molecule has 9 nitrogen and oxygen atoms in total. The van der Waals surface area contributed by atoms with Gasteiger partial charge in [0, 0.05) is 34.1 Å². The van der Waals surface area contributed by atoms with E-state index in [1.54, 1.807) is 30.5 Å². The standard InChI is InChI=1S/C27H24N4O5S2/c1-5-36-26(33)23-16(3)28-27-30(24(23)21-7-6-12-37-21)25(32)22(38-27)14-18-13-15(2)29(17(18)4)19-8-10-20(11-9-19)31(34)35/h6-14,24H,5H2,1-4H3/b22-14+/t24-/m0/s1. The highest BCUT2D eigenvalue weighted by molar-refractivity contribution is 7.10. The quantitative estimate of drug-likeness (QED) is 0.204. The molecule has 0 saturated heterocycles. The van der Waals surface area contributed by atoms with Crippen LogP contribution in [0.4, 0.5) is 5.69 Å². The van der Waals surface area contributed by atoms with Crippen LogP contribution in [-0.2, 0) is 9.53 Å². The molecule has 3 aromatic heterocycles. The van der Waals surface area contributed by atoms with Gasteiger partial charge >= 0.3 is 5.97 Å². The summed E-state index contributed by atoms with van der Waals surface area (Å²) in [5.41, 5.74) is 4.14. The predicted molar refractivity (Wildman–Crippen MR) is 147 cm³/mol. The molecule has 1 aromatic carbocycles. The van der Waals surface area contributed by atoms with Crippen LogP contribution in [0.15, 0.2) is 68.9 Å². The van der Waals surface area contributed by atoms with Crippen LogP contribution >= 0.6 is 22.7 Å². The van der Waals surface area contributed by atoms with Gasteiger partial charge < -0.3 is 9.30 Å². The van der Waals surface area contributed by atoms with Gasteiger partial charge in [0.1, 0.15) is 6.04 Å². The van der Waals surface area contributed by atoms with Crippen molar-refractivity contribution in [1.29, 1.82) is 0 Å². The number of hydrogen-bond donors (Lipinski definition) is 0. The van der Waals surface area contributed by atoms with Crippen molar-refractivity contribution in [3.05, 3.63) is 111 Å². The lowest BCUT2D eigenvalue weighted by atomic mass is 10.0. The van der Waals surface area contributed by atoms with E-state index in [1.807, 2.05) is 48.1 Å². The van der Waals surface area contributed by atoms with E-state index in [0.29, 0.717) is 20.6 Å². The molecule has 194 valence electrons. The summed E-state index contributed by atoms with van der Waals surface area (Å²) in [6.07, 6.45) is 1.84. The normalized spacial score (nSPS) is 15.4. The number of rotatable bonds is 6. The number of aromatic nitrogens is 2. The molecule has 1 atom stereocenters. The summed E-state index contributed by atoms with van der Waals surface area (Å²) in [4.78, 5) is 43.3. The van der Waals surface area contributed by atoms with Crippen LogP contribution in [0.2, 0.25) is 0 Å². The summed E-state index contributed by atoms with van der Waals surface area (Å²) in [5.74, 6) is -0.479. The maximum Gasteiger partial charge on any atom is 0.338 e. The Labute approximate surface area is 225 Å². The van der Waals surface area contributed by atoms with Crippen LogP contribution in [0.5, 0.6) is 0 Å². The number of aryl methyl sites for hydroxylation is 1. The Hall–Kier alpha value is -4.09. The highest BCUT2D eigenvalue weighted by Gasteiger charge is 2.33. The monoisotopic (exact) mass is 548 g/mol. The molecule has 1 aliphatic heterocycles. The highest BCUT2D eigenvalue weighted by Crippen LogP contribution is 2.33. The van der Waals surface area contributed by atoms with Crippen molar-refractivity contribution in [3.63, 3.8) is 0 Å². The first-order valence-corrected chi connectivity index (χ1v) is 13.6. The van der Waals surface area contributed by atoms with Crippen molar-refractivity contribution in [2.45, 2.75) is 33.7 Å². The molecule has 38 heavy (non-hydrogen) atoms. The maximum absolute atomic E-state index is 13.8. The van der Waals surface area contributed by atoms with Crippen molar-refractivity contribution >= 4 is 40.4 Å². The molecular weight excluding hydrogens is 524 g/mol. The van der Waals surface area contributed by atoms with E-state index in [2.05, 4.69) is 4.99 Å². The van der Waals surface area contributed by atoms with Gasteiger partial charge in [-0.2, -0.15) is 0 Å². The highest BCUT2D eigenvalue weighted by atomic mass is 32.1. The molecular formula is C27H24N4O5S2. The lowest BCUT2D eigenvalue weighted by Crippen LogP contribution is -2.39. The van der Waals surface area contributed by atoms with Gasteiger partial charge in [-0.3, -0.25) is 19.5 Å². The Morgan fingerprint density at radius 1 is 1.21 bits per heavy atom. The van der Waals surface area contributed by atoms with Gasteiger partial charge in [-0.1, -0.05) is 17.4 Å². The number of allylic oxidation sites excluding steroid dienone is 1. The molecule has 5 rings (SSSR count). The second-order valence-corrected chi connectivity index (χ2v) is 10.7. The number of nitro groups is 1. The minimum absolute atomic E-state index is 0.0234. The van der Waals surface area contributed by atoms with Gasteiger partial charge in [-0.15, -0.1) is 11.3 Å². The average molecular weight is 549 g/mol. The predicted octanol–water partition coefficient (Wildman–Crippen LogP) is 4.18. The SMILES string of the molecule is CCOC(=O)C1=C(C)N=c2s/c(=C/c3cc(C)n(-c4ccc([N+](=O)[O-])cc4)c3C)c(=O)n2[C@H]1c1cccs1. The summed E-state index contributed by atoms with van der Waals surface area (Å²) in [6.45, 7) is 7.62. The zero-order chi connectivity index (χ0) is 27.1. The molecule has 0 fully saturated rings. The summed E-state index contributed by atoms with van der Waals surface area (Å²) in [7, 11) is 0. The Morgan fingerprint density at radius 3 is 2.58 bits per heavy atom. The summed E-state index contributed by atoms with van der Waals surface area (Å²) in [6, 6.07) is 11.5. The fourth-order valence-corrected chi connectivity index (χ4v) is 6.56. The minimum Gasteiger partial charge on any atom is -0.463 e. The van der Waals surface area contributed by atoms with E-state index in [0.717, 1.165) is 27.5 Å². The molecule has 0 saturated carbocycles. The van der Waals surface area contributed by atoms with Crippen molar-refractivity contribution < 1.29 is 14.5 Å². The van der Waals surface area contributed by atoms with Crippen LogP contribution in [0, 0.1) is 24.0 Å². The molecule has 0 spiro atoms. The van der Waals surface area contributed by atoms with Crippen molar-refractivity contribution in [2.24, 2.45) is 4.99 Å². The fraction of sp³-hybridized carbons (Fsp3) is 0.222. The second kappa shape index (κ2) is 9.99. The Bertz CT molecular complexity index is 1770. The van der Waals surface area contributed by atoms with E-state index >= 15 is 0 Å². The van der Waals surface area contributed by atoms with E-state index in [9.17, 15) is 19.7 Å². The van der Waals surface area contributed by atoms with Gasteiger partial charge in [-0.05, 0) is 69.0 Å². The van der Waals surface area contributed by atoms with E-state index in [4.69, 9.17) is 4.74 Å². The number of fused-ring (bicyclic) bond motifs is 1. The smallest absolute Gasteiger partial charge is 0.338 e. The molecule has 0 unspecified atom stereocenters. The zero-order valence-electron chi connectivity index (χ0n) is 21.1. The van der Waals surface area contributed by atoms with Gasteiger partial charge in [0.15, 0.2) is 4.80 Å². The Balaban J connectivity index is 1.64. The van der Waals surface area contributed by atoms with Crippen LogP contribution < -0.4 is 14.9 Å². The van der Waals surface area contributed by atoms with Gasteiger partial charge in [0.05, 0.1) is 27.3 Å². The van der Waals surface area contributed by atoms with Gasteiger partial charge in [0.2, 0.25) is 0 Å². The Kier molecular flexibility index (Phi) is 6.72. The second-order valence-electron chi connectivity index (χ2n) is 8.75. The third kappa shape index (κ3) is 4.33. The van der Waals surface area contributed by atoms with Crippen LogP contribution in [0.1, 0.15) is 41.7 Å². The number of thiazole rings is 1. The molecule has 1 aliphatic rings. The van der Waals surface area contributed by atoms with E-state index in [1.165, 1.54) is 34.8 Å². The molecule has 0 bridgehead atoms. The number of esters is 1. The summed E-state index contributed by atoms with van der Waals surface area (Å²) >= 11 is 2.75. The molecule has 4 aromatic rings. The van der Waals surface area contributed by atoms with E-state index < -0.39 is 16.9 Å². The largest absolute Gasteiger partial charge is 0.463 e. The first kappa shape index (κ1) is 25.6. The first-order chi connectivity index (χ1) is 18.2. The van der Waals surface area contributed by atoms with Gasteiger partial charge in [0.25, 0.3) is 11.2 Å². The number of ether oxygens (including phenoxy) is 1. The Morgan fingerprint density at radius 2 is 1.95 bits per heavy atom. The molecule has 0 amide bonds. The number of nitrogens with zero attached hydrogens (tertiary/aromatic N) is 4. The van der Waals surface area contributed by atoms with Crippen molar-refractivity contribution in [2.75, 3.05) is 6.61 Å². The summed E-state index contributed by atoms with van der Waals surface area (Å²) < 4.78 is 9.38. The van der Waals surface area contributed by atoms with E-state index in [-0.39, 0.29) is 17.9 Å². The topological polar surface area (TPSA) is 109 Å². The number of nitro benzene ring substituents is 1. The molecule has 0 radical (unpaired) electrons. The molecule has 0 N–H and O–H groups in total. The molecule has 11 heteroatoms. The number of carbonyl (C=O) groups is 1. The lowest BCUT2D eigenvalue weighted by Gasteiger charge is -2.23. The van der Waals surface area contributed by atoms with Gasteiger partial charge in [-0.25, -0.2) is 9.79 Å². The average Bonchev–Trinajstić information content (AvgIpc) is 3.58. The number of non-ortho nitro benzene ring substituents is 1. The number of thiophene rings is 1. The minimum atomic E-state index is -0.611. The summed E-state index contributed by atoms with van der Waals surface area (Å²) in [5, 5.41) is 13.0. The first-order valence-electron chi connectivity index (χ1n) is 11.9. The fourth-order valence-electron chi connectivity index (χ4n) is 4.70. The third-order valence-corrected chi connectivity index (χ3v) is 8.31. The van der Waals surface area contributed by atoms with Crippen LogP contribution in [-0.4, -0.2) is 26.6 Å². The number of carbonyl (C=O) groups excluding carboxylic acids is 1. The molecule has 0 aliphatic carbocycles. The zero-order valence-corrected chi connectivity index (χ0v) is 22.8. The van der Waals surface area contributed by atoms with Crippen molar-refractivity contribution in [1.82, 2.24) is 9.13 Å². The third-order valence-electron chi connectivity index (χ3n) is 6.41. The van der Waals surface area contributed by atoms with Crippen LogP contribution in [0.3, 0.4) is 0 Å². The number of hydrogen-bond acceptors (Lipinski definition) is 8. The molecule has 4 heterocycles. The van der Waals surface area contributed by atoms with Crippen molar-refractivity contribution in [3.8, 4) is 5.69 Å².